The van der Waals surface area contributed by atoms with Gasteiger partial charge in [-0.2, -0.15) is 0 Å². The van der Waals surface area contributed by atoms with E-state index in [2.05, 4.69) is 32.6 Å². The van der Waals surface area contributed by atoms with Crippen LogP contribution >= 0.6 is 0 Å². The van der Waals surface area contributed by atoms with E-state index < -0.39 is 17.8 Å². The summed E-state index contributed by atoms with van der Waals surface area (Å²) < 4.78 is 12.5. The Morgan fingerprint density at radius 3 is 2.09 bits per heavy atom. The molecule has 2 atom stereocenters. The number of carboxylic acid groups (broad SMARTS) is 1. The number of carboxylic acids is 1. The van der Waals surface area contributed by atoms with Crippen molar-refractivity contribution in [1.29, 1.82) is 0 Å². The minimum absolute atomic E-state index is 0.157. The normalized spacial score (nSPS) is 14.1. The smallest absolute Gasteiger partial charge is 0.339 e. The molecule has 0 fully saturated rings. The number of hydrogen-bond donors (Lipinski definition) is 2. The van der Waals surface area contributed by atoms with E-state index in [4.69, 9.17) is 9.47 Å². The predicted octanol–water partition coefficient (Wildman–Crippen LogP) is 6.90. The maximum Gasteiger partial charge on any atom is 0.339 e. The molecule has 1 unspecified atom stereocenters. The molecule has 0 bridgehead atoms. The predicted molar refractivity (Wildman–Crippen MR) is 143 cm³/mol. The van der Waals surface area contributed by atoms with Gasteiger partial charge in [0.15, 0.2) is 5.72 Å². The van der Waals surface area contributed by atoms with Crippen molar-refractivity contribution in [3.8, 4) is 5.75 Å². The van der Waals surface area contributed by atoms with Crippen molar-refractivity contribution in [2.24, 2.45) is 0 Å². The maximum atomic E-state index is 12.0. The van der Waals surface area contributed by atoms with Crippen molar-refractivity contribution in [2.45, 2.75) is 117 Å². The summed E-state index contributed by atoms with van der Waals surface area (Å²) in [5.41, 5.74) is -0.638. The van der Waals surface area contributed by atoms with Crippen LogP contribution in [0.3, 0.4) is 0 Å². The molecule has 1 aromatic rings. The SMILES string of the molecule is CCCCCN(CCCCC)[C@@](CCCC)(CC(O)COCCCC)Oc1ccccc1C(=O)O. The lowest BCUT2D eigenvalue weighted by Gasteiger charge is -2.45. The Bertz CT molecular complexity index is 673. The van der Waals surface area contributed by atoms with Crippen LogP contribution in [0.15, 0.2) is 24.3 Å². The van der Waals surface area contributed by atoms with E-state index in [0.717, 1.165) is 83.7 Å². The van der Waals surface area contributed by atoms with E-state index in [1.54, 1.807) is 18.2 Å². The number of para-hydroxylation sites is 1. The first-order valence-corrected chi connectivity index (χ1v) is 14.0. The summed E-state index contributed by atoms with van der Waals surface area (Å²) in [6, 6.07) is 6.87. The van der Waals surface area contributed by atoms with Crippen molar-refractivity contribution in [3.05, 3.63) is 29.8 Å². The van der Waals surface area contributed by atoms with Crippen molar-refractivity contribution >= 4 is 5.97 Å². The molecule has 0 radical (unpaired) electrons. The third kappa shape index (κ3) is 11.8. The van der Waals surface area contributed by atoms with Crippen molar-refractivity contribution in [2.75, 3.05) is 26.3 Å². The zero-order valence-electron chi connectivity index (χ0n) is 22.8. The molecule has 0 aliphatic heterocycles. The van der Waals surface area contributed by atoms with E-state index in [-0.39, 0.29) is 12.2 Å². The Labute approximate surface area is 214 Å². The van der Waals surface area contributed by atoms with Crippen LogP contribution in [0.5, 0.6) is 5.75 Å². The van der Waals surface area contributed by atoms with Gasteiger partial charge < -0.3 is 19.7 Å². The number of aliphatic hydroxyl groups is 1. The highest BCUT2D eigenvalue weighted by molar-refractivity contribution is 5.90. The van der Waals surface area contributed by atoms with Gasteiger partial charge in [-0.05, 0) is 37.8 Å². The highest BCUT2D eigenvalue weighted by atomic mass is 16.5. The third-order valence-electron chi connectivity index (χ3n) is 6.48. The van der Waals surface area contributed by atoms with Gasteiger partial charge in [0.05, 0.1) is 12.7 Å². The lowest BCUT2D eigenvalue weighted by Crippen LogP contribution is -2.56. The van der Waals surface area contributed by atoms with Crippen LogP contribution < -0.4 is 4.74 Å². The lowest BCUT2D eigenvalue weighted by molar-refractivity contribution is -0.128. The molecular weight excluding hydrogens is 442 g/mol. The first kappa shape index (κ1) is 31.4. The number of carbonyl (C=O) groups is 1. The number of unbranched alkanes of at least 4 members (excludes halogenated alkanes) is 6. The Balaban J connectivity index is 3.37. The van der Waals surface area contributed by atoms with Crippen LogP contribution in [0.2, 0.25) is 0 Å². The molecule has 202 valence electrons. The van der Waals surface area contributed by atoms with Gasteiger partial charge in [-0.15, -0.1) is 0 Å². The zero-order chi connectivity index (χ0) is 25.9. The summed E-state index contributed by atoms with van der Waals surface area (Å²) in [6.45, 7) is 11.3. The molecule has 0 saturated carbocycles. The molecule has 0 amide bonds. The van der Waals surface area contributed by atoms with E-state index in [1.165, 1.54) is 0 Å². The summed E-state index contributed by atoms with van der Waals surface area (Å²) in [5, 5.41) is 20.9. The molecule has 1 aromatic carbocycles. The fourth-order valence-corrected chi connectivity index (χ4v) is 4.45. The quantitative estimate of drug-likeness (QED) is 0.135. The molecule has 1 rings (SSSR count). The second-order valence-electron chi connectivity index (χ2n) is 9.64. The van der Waals surface area contributed by atoms with Gasteiger partial charge in [-0.25, -0.2) is 4.79 Å². The Morgan fingerprint density at radius 2 is 1.51 bits per heavy atom. The van der Waals surface area contributed by atoms with Gasteiger partial charge in [-0.3, -0.25) is 4.90 Å². The van der Waals surface area contributed by atoms with Gasteiger partial charge >= 0.3 is 5.97 Å². The molecule has 0 aliphatic carbocycles. The van der Waals surface area contributed by atoms with Crippen molar-refractivity contribution in [1.82, 2.24) is 4.90 Å². The van der Waals surface area contributed by atoms with Crippen LogP contribution in [-0.4, -0.2) is 59.2 Å². The summed E-state index contributed by atoms with van der Waals surface area (Å²) in [6.07, 6.45) is 10.9. The lowest BCUT2D eigenvalue weighted by atomic mass is 9.95. The first-order chi connectivity index (χ1) is 16.9. The highest BCUT2D eigenvalue weighted by Crippen LogP contribution is 2.34. The molecule has 0 aliphatic rings. The van der Waals surface area contributed by atoms with Gasteiger partial charge in [-0.1, -0.05) is 78.4 Å². The van der Waals surface area contributed by atoms with E-state index in [9.17, 15) is 15.0 Å². The van der Waals surface area contributed by atoms with Crippen LogP contribution in [0.4, 0.5) is 0 Å². The Morgan fingerprint density at radius 1 is 0.914 bits per heavy atom. The number of rotatable bonds is 22. The van der Waals surface area contributed by atoms with E-state index in [1.807, 2.05) is 6.07 Å². The van der Waals surface area contributed by atoms with Crippen LogP contribution in [-0.2, 0) is 4.74 Å². The molecule has 0 heterocycles. The summed E-state index contributed by atoms with van der Waals surface area (Å²) in [4.78, 5) is 14.4. The average molecular weight is 494 g/mol. The van der Waals surface area contributed by atoms with Gasteiger partial charge in [0, 0.05) is 32.5 Å². The fourth-order valence-electron chi connectivity index (χ4n) is 4.45. The second kappa shape index (κ2) is 18.6. The van der Waals surface area contributed by atoms with Crippen LogP contribution in [0.1, 0.15) is 115 Å². The summed E-state index contributed by atoms with van der Waals surface area (Å²) in [5.74, 6) is -0.636. The second-order valence-corrected chi connectivity index (χ2v) is 9.64. The van der Waals surface area contributed by atoms with E-state index >= 15 is 0 Å². The Hall–Kier alpha value is -1.63. The monoisotopic (exact) mass is 493 g/mol. The molecule has 0 aromatic heterocycles. The van der Waals surface area contributed by atoms with E-state index in [0.29, 0.717) is 18.8 Å². The van der Waals surface area contributed by atoms with Crippen molar-refractivity contribution in [3.63, 3.8) is 0 Å². The van der Waals surface area contributed by atoms with Gasteiger partial charge in [0.1, 0.15) is 11.3 Å². The molecule has 6 nitrogen and oxygen atoms in total. The van der Waals surface area contributed by atoms with Crippen molar-refractivity contribution < 1.29 is 24.5 Å². The number of aromatic carboxylic acids is 1. The van der Waals surface area contributed by atoms with Gasteiger partial charge in [0.25, 0.3) is 0 Å². The highest BCUT2D eigenvalue weighted by Gasteiger charge is 2.41. The number of hydrogen-bond acceptors (Lipinski definition) is 5. The third-order valence-corrected chi connectivity index (χ3v) is 6.48. The molecule has 6 heteroatoms. The minimum Gasteiger partial charge on any atom is -0.478 e. The standard InChI is InChI=1S/C29H51NO5/c1-5-9-15-20-30(21-16-10-6-2)29(19-11-7-3,23-25(31)24-34-22-12-8-4)35-27-18-14-13-17-26(27)28(32)33/h13-14,17-18,25,31H,5-12,15-16,19-24H2,1-4H3,(H,32,33)/t25?,29-/m1/s1. The largest absolute Gasteiger partial charge is 0.478 e. The number of nitrogens with zero attached hydrogens (tertiary/aromatic N) is 1. The molecule has 0 spiro atoms. The fraction of sp³-hybridized carbons (Fsp3) is 0.759. The topological polar surface area (TPSA) is 79.2 Å². The van der Waals surface area contributed by atoms with Gasteiger partial charge in [0.2, 0.25) is 0 Å². The minimum atomic E-state index is -1.00. The molecular formula is C29H51NO5. The zero-order valence-corrected chi connectivity index (χ0v) is 22.8. The first-order valence-electron chi connectivity index (χ1n) is 14.0. The molecule has 35 heavy (non-hydrogen) atoms. The number of aliphatic hydroxyl groups excluding tert-OH is 1. The summed E-state index contributed by atoms with van der Waals surface area (Å²) in [7, 11) is 0. The Kier molecular flexibility index (Phi) is 16.7. The number of benzene rings is 1. The average Bonchev–Trinajstić information content (AvgIpc) is 2.84. The number of ether oxygens (including phenoxy) is 2. The van der Waals surface area contributed by atoms with Crippen LogP contribution in [0, 0.1) is 0 Å². The summed E-state index contributed by atoms with van der Waals surface area (Å²) >= 11 is 0. The molecule has 2 N–H and O–H groups in total. The van der Waals surface area contributed by atoms with Crippen LogP contribution in [0.25, 0.3) is 0 Å². The molecule has 0 saturated heterocycles. The maximum absolute atomic E-state index is 12.0.